The van der Waals surface area contributed by atoms with Gasteiger partial charge in [-0.2, -0.15) is 0 Å². The lowest BCUT2D eigenvalue weighted by molar-refractivity contribution is -0.127. The van der Waals surface area contributed by atoms with Gasteiger partial charge in [0.25, 0.3) is 11.8 Å². The molecule has 3 aromatic rings. The van der Waals surface area contributed by atoms with Crippen LogP contribution in [0, 0.1) is 6.92 Å². The molecule has 30 heavy (non-hydrogen) atoms. The highest BCUT2D eigenvalue weighted by Gasteiger charge is 2.36. The molecular weight excluding hydrogens is 380 g/mol. The van der Waals surface area contributed by atoms with E-state index >= 15 is 0 Å². The van der Waals surface area contributed by atoms with Crippen LogP contribution in [0.3, 0.4) is 0 Å². The van der Waals surface area contributed by atoms with E-state index in [2.05, 4.69) is 5.32 Å². The Labute approximate surface area is 175 Å². The van der Waals surface area contributed by atoms with Gasteiger partial charge >= 0.3 is 0 Å². The average Bonchev–Trinajstić information content (AvgIpc) is 3.52. The van der Waals surface area contributed by atoms with Gasteiger partial charge in [0.2, 0.25) is 0 Å². The van der Waals surface area contributed by atoms with Crippen molar-refractivity contribution in [3.63, 3.8) is 0 Å². The summed E-state index contributed by atoms with van der Waals surface area (Å²) in [6.45, 7) is 2.26. The summed E-state index contributed by atoms with van der Waals surface area (Å²) in [5.74, 6) is 0.0252. The van der Waals surface area contributed by atoms with Gasteiger partial charge in [0.15, 0.2) is 11.8 Å². The van der Waals surface area contributed by atoms with E-state index in [1.807, 2.05) is 31.2 Å². The van der Waals surface area contributed by atoms with E-state index in [0.717, 1.165) is 36.8 Å². The first kappa shape index (κ1) is 20.0. The molecule has 0 aliphatic heterocycles. The maximum atomic E-state index is 13.4. The minimum atomic E-state index is -0.889. The van der Waals surface area contributed by atoms with Crippen molar-refractivity contribution in [2.75, 3.05) is 0 Å². The number of carbonyl (C=O) groups excluding carboxylic acids is 2. The van der Waals surface area contributed by atoms with Crippen LogP contribution in [0.4, 0.5) is 0 Å². The summed E-state index contributed by atoms with van der Waals surface area (Å²) in [7, 11) is 0. The van der Waals surface area contributed by atoms with Crippen LogP contribution in [0.25, 0.3) is 0 Å². The van der Waals surface area contributed by atoms with Gasteiger partial charge in [-0.05, 0) is 49.6 Å². The highest BCUT2D eigenvalue weighted by molar-refractivity contribution is 5.95. The van der Waals surface area contributed by atoms with E-state index in [-0.39, 0.29) is 30.2 Å². The molecule has 1 aliphatic carbocycles. The van der Waals surface area contributed by atoms with Crippen LogP contribution in [-0.2, 0) is 11.3 Å². The largest absolute Gasteiger partial charge is 0.467 e. The summed E-state index contributed by atoms with van der Waals surface area (Å²) in [6, 6.07) is 13.9. The molecule has 6 heteroatoms. The Balaban J connectivity index is 1.68. The number of rotatable bonds is 7. The molecule has 0 bridgehead atoms. The van der Waals surface area contributed by atoms with E-state index in [1.165, 1.54) is 17.4 Å². The number of aryl methyl sites for hydroxylation is 1. The van der Waals surface area contributed by atoms with Gasteiger partial charge < -0.3 is 19.1 Å². The average molecular weight is 406 g/mol. The zero-order chi connectivity index (χ0) is 20.9. The molecule has 156 valence electrons. The fourth-order valence-corrected chi connectivity index (χ4v) is 3.93. The lowest BCUT2D eigenvalue weighted by Crippen LogP contribution is -2.45. The Morgan fingerprint density at radius 1 is 1.03 bits per heavy atom. The van der Waals surface area contributed by atoms with Gasteiger partial charge in [-0.25, -0.2) is 0 Å². The molecule has 1 saturated carbocycles. The van der Waals surface area contributed by atoms with E-state index in [9.17, 15) is 9.59 Å². The van der Waals surface area contributed by atoms with Crippen molar-refractivity contribution < 1.29 is 18.4 Å². The van der Waals surface area contributed by atoms with Gasteiger partial charge in [-0.1, -0.05) is 42.7 Å². The number of furan rings is 2. The van der Waals surface area contributed by atoms with Crippen molar-refractivity contribution in [3.05, 3.63) is 83.7 Å². The number of nitrogens with one attached hydrogen (secondary N) is 1. The summed E-state index contributed by atoms with van der Waals surface area (Å²) in [4.78, 5) is 28.2. The van der Waals surface area contributed by atoms with E-state index in [4.69, 9.17) is 8.83 Å². The highest BCUT2D eigenvalue weighted by atomic mass is 16.3. The molecule has 1 atom stereocenters. The third-order valence-corrected chi connectivity index (χ3v) is 5.54. The number of hydrogen-bond acceptors (Lipinski definition) is 4. The Hall–Kier alpha value is -3.28. The topological polar surface area (TPSA) is 75.7 Å². The van der Waals surface area contributed by atoms with E-state index < -0.39 is 6.04 Å². The molecule has 2 heterocycles. The van der Waals surface area contributed by atoms with Crippen molar-refractivity contribution in [2.45, 2.75) is 51.2 Å². The van der Waals surface area contributed by atoms with Crippen molar-refractivity contribution in [1.29, 1.82) is 0 Å². The summed E-state index contributed by atoms with van der Waals surface area (Å²) in [6.07, 6.45) is 7.11. The number of benzene rings is 1. The van der Waals surface area contributed by atoms with Gasteiger partial charge in [0.1, 0.15) is 5.76 Å². The molecule has 1 N–H and O–H groups in total. The summed E-state index contributed by atoms with van der Waals surface area (Å²) < 4.78 is 11.0. The molecule has 1 fully saturated rings. The van der Waals surface area contributed by atoms with E-state index in [1.54, 1.807) is 24.3 Å². The Kier molecular flexibility index (Phi) is 6.02. The molecule has 2 aromatic heterocycles. The zero-order valence-corrected chi connectivity index (χ0v) is 17.0. The zero-order valence-electron chi connectivity index (χ0n) is 17.0. The van der Waals surface area contributed by atoms with Crippen LogP contribution in [-0.4, -0.2) is 22.8 Å². The third kappa shape index (κ3) is 4.48. The van der Waals surface area contributed by atoms with Crippen molar-refractivity contribution >= 4 is 11.8 Å². The van der Waals surface area contributed by atoms with Gasteiger partial charge in [-0.15, -0.1) is 0 Å². The molecule has 4 rings (SSSR count). The second kappa shape index (κ2) is 9.03. The van der Waals surface area contributed by atoms with Crippen LogP contribution in [0.5, 0.6) is 0 Å². The van der Waals surface area contributed by atoms with Crippen LogP contribution in [0.2, 0.25) is 0 Å². The van der Waals surface area contributed by atoms with Crippen molar-refractivity contribution in [2.24, 2.45) is 0 Å². The maximum absolute atomic E-state index is 13.4. The number of nitrogens with zero attached hydrogens (tertiary/aromatic N) is 1. The summed E-state index contributed by atoms with van der Waals surface area (Å²) in [5, 5.41) is 3.12. The van der Waals surface area contributed by atoms with Crippen LogP contribution in [0.15, 0.2) is 69.9 Å². The number of amides is 2. The monoisotopic (exact) mass is 406 g/mol. The molecule has 1 aliphatic rings. The second-order valence-corrected chi connectivity index (χ2v) is 7.80. The van der Waals surface area contributed by atoms with Gasteiger partial charge in [0, 0.05) is 12.6 Å². The van der Waals surface area contributed by atoms with E-state index in [0.29, 0.717) is 5.76 Å². The van der Waals surface area contributed by atoms with Crippen molar-refractivity contribution in [3.8, 4) is 0 Å². The molecule has 1 aromatic carbocycles. The smallest absolute Gasteiger partial charge is 0.290 e. The Morgan fingerprint density at radius 2 is 1.73 bits per heavy atom. The highest BCUT2D eigenvalue weighted by Crippen LogP contribution is 2.28. The lowest BCUT2D eigenvalue weighted by Gasteiger charge is -2.30. The fraction of sp³-hybridized carbons (Fsp3) is 0.333. The third-order valence-electron chi connectivity index (χ3n) is 5.54. The number of carbonyl (C=O) groups is 2. The Bertz CT molecular complexity index is 955. The summed E-state index contributed by atoms with van der Waals surface area (Å²) >= 11 is 0. The first-order valence-electron chi connectivity index (χ1n) is 10.4. The predicted molar refractivity (Wildman–Crippen MR) is 112 cm³/mol. The lowest BCUT2D eigenvalue weighted by atomic mass is 10.1. The first-order chi connectivity index (χ1) is 14.6. The molecule has 6 nitrogen and oxygen atoms in total. The predicted octanol–water partition coefficient (Wildman–Crippen LogP) is 4.62. The SMILES string of the molecule is Cc1ccc(CN(C(=O)c2ccco2)[C@@H](C(=O)NC2CCCC2)c2ccco2)cc1. The Morgan fingerprint density at radius 3 is 2.37 bits per heavy atom. The maximum Gasteiger partial charge on any atom is 0.290 e. The molecule has 0 saturated heterocycles. The van der Waals surface area contributed by atoms with Crippen LogP contribution < -0.4 is 5.32 Å². The van der Waals surface area contributed by atoms with Crippen LogP contribution >= 0.6 is 0 Å². The fourth-order valence-electron chi connectivity index (χ4n) is 3.93. The van der Waals surface area contributed by atoms with Crippen LogP contribution in [0.1, 0.15) is 59.2 Å². The molecular formula is C24H26N2O4. The normalized spacial score (nSPS) is 15.1. The minimum Gasteiger partial charge on any atom is -0.467 e. The number of hydrogen-bond donors (Lipinski definition) is 1. The molecule has 0 unspecified atom stereocenters. The molecule has 0 radical (unpaired) electrons. The van der Waals surface area contributed by atoms with Crippen molar-refractivity contribution in [1.82, 2.24) is 10.2 Å². The molecule has 2 amide bonds. The minimum absolute atomic E-state index is 0.134. The molecule has 0 spiro atoms. The standard InChI is InChI=1S/C24H26N2O4/c1-17-10-12-18(13-11-17)16-26(24(28)21-9-5-15-30-21)22(20-8-4-14-29-20)23(27)25-19-6-2-3-7-19/h4-5,8-15,19,22H,2-3,6-7,16H2,1H3,(H,25,27)/t22-/m1/s1. The first-order valence-corrected chi connectivity index (χ1v) is 10.4. The summed E-state index contributed by atoms with van der Waals surface area (Å²) in [5.41, 5.74) is 2.05. The quantitative estimate of drug-likeness (QED) is 0.621. The van der Waals surface area contributed by atoms with Gasteiger partial charge in [0.05, 0.1) is 12.5 Å². The van der Waals surface area contributed by atoms with Gasteiger partial charge in [-0.3, -0.25) is 9.59 Å². The second-order valence-electron chi connectivity index (χ2n) is 7.80.